The zero-order valence-corrected chi connectivity index (χ0v) is 23.7. The molecule has 0 saturated heterocycles. The molecule has 0 aliphatic heterocycles. The van der Waals surface area contributed by atoms with E-state index >= 15 is 0 Å². The lowest BCUT2D eigenvalue weighted by Crippen LogP contribution is -2.32. The van der Waals surface area contributed by atoms with E-state index in [1.807, 2.05) is 67.6 Å². The van der Waals surface area contributed by atoms with Crippen LogP contribution in [0.1, 0.15) is 23.6 Å². The van der Waals surface area contributed by atoms with Crippen molar-refractivity contribution in [1.82, 2.24) is 10.6 Å². The van der Waals surface area contributed by atoms with Crippen molar-refractivity contribution in [1.29, 1.82) is 0 Å². The molecule has 3 aromatic rings. The number of hydrogen-bond donors (Lipinski definition) is 2. The summed E-state index contributed by atoms with van der Waals surface area (Å²) < 4.78 is 27.5. The van der Waals surface area contributed by atoms with Gasteiger partial charge in [-0.3, -0.25) is 4.79 Å². The third-order valence-corrected chi connectivity index (χ3v) is 6.50. The van der Waals surface area contributed by atoms with Crippen LogP contribution in [0.15, 0.2) is 60.7 Å². The standard InChI is InChI=1S/C30H37ClN2O6/c1-21(30(34)37-4)17-32-15-16-33-18-24-9-14-27(38-19-22-5-10-25(35-2)11-6-22)29(28(24)31)39-20-23-7-12-26(36-3)13-8-23/h5-14,21,32-33H,15-20H2,1-4H3/t21-/m0/s1. The Morgan fingerprint density at radius 1 is 0.795 bits per heavy atom. The molecule has 1 atom stereocenters. The minimum absolute atomic E-state index is 0.194. The number of nitrogens with one attached hydrogen (secondary N) is 2. The number of benzene rings is 3. The monoisotopic (exact) mass is 556 g/mol. The molecule has 0 saturated carbocycles. The molecule has 9 heteroatoms. The normalized spacial score (nSPS) is 11.5. The second-order valence-corrected chi connectivity index (χ2v) is 9.32. The summed E-state index contributed by atoms with van der Waals surface area (Å²) in [7, 11) is 4.67. The number of ether oxygens (including phenoxy) is 5. The molecule has 0 radical (unpaired) electrons. The summed E-state index contributed by atoms with van der Waals surface area (Å²) in [6.45, 7) is 5.00. The van der Waals surface area contributed by atoms with Crippen molar-refractivity contribution in [2.45, 2.75) is 26.7 Å². The van der Waals surface area contributed by atoms with Crippen LogP contribution in [0.2, 0.25) is 5.02 Å². The van der Waals surface area contributed by atoms with E-state index in [0.29, 0.717) is 55.9 Å². The smallest absolute Gasteiger partial charge is 0.309 e. The number of esters is 1. The Bertz CT molecular complexity index is 1170. The fourth-order valence-corrected chi connectivity index (χ4v) is 4.00. The second-order valence-electron chi connectivity index (χ2n) is 8.94. The summed E-state index contributed by atoms with van der Waals surface area (Å²) in [5.41, 5.74) is 2.86. The highest BCUT2D eigenvalue weighted by Crippen LogP contribution is 2.39. The molecule has 0 aliphatic carbocycles. The van der Waals surface area contributed by atoms with Crippen LogP contribution in [-0.4, -0.2) is 46.9 Å². The minimum Gasteiger partial charge on any atom is -0.497 e. The van der Waals surface area contributed by atoms with Crippen molar-refractivity contribution in [3.05, 3.63) is 82.4 Å². The molecule has 0 fully saturated rings. The van der Waals surface area contributed by atoms with Crippen molar-refractivity contribution in [3.63, 3.8) is 0 Å². The second kappa shape index (κ2) is 15.8. The number of carbonyl (C=O) groups is 1. The van der Waals surface area contributed by atoms with Gasteiger partial charge in [-0.2, -0.15) is 0 Å². The lowest BCUT2D eigenvalue weighted by atomic mass is 10.1. The fraction of sp³-hybridized carbons (Fsp3) is 0.367. The first-order valence-corrected chi connectivity index (χ1v) is 13.1. The molecule has 3 rings (SSSR count). The highest BCUT2D eigenvalue weighted by molar-refractivity contribution is 6.33. The van der Waals surface area contributed by atoms with Gasteiger partial charge >= 0.3 is 5.97 Å². The van der Waals surface area contributed by atoms with Gasteiger partial charge in [0, 0.05) is 26.2 Å². The molecule has 0 amide bonds. The zero-order valence-electron chi connectivity index (χ0n) is 22.9. The van der Waals surface area contributed by atoms with Crippen LogP contribution >= 0.6 is 11.6 Å². The Balaban J connectivity index is 1.64. The van der Waals surface area contributed by atoms with Gasteiger partial charge in [0.15, 0.2) is 11.5 Å². The summed E-state index contributed by atoms with van der Waals surface area (Å²) in [4.78, 5) is 11.5. The molecule has 8 nitrogen and oxygen atoms in total. The lowest BCUT2D eigenvalue weighted by molar-refractivity contribution is -0.144. The van der Waals surface area contributed by atoms with E-state index in [1.54, 1.807) is 14.2 Å². The molecule has 39 heavy (non-hydrogen) atoms. The first-order chi connectivity index (χ1) is 18.9. The van der Waals surface area contributed by atoms with E-state index in [1.165, 1.54) is 7.11 Å². The van der Waals surface area contributed by atoms with Crippen LogP contribution in [0.5, 0.6) is 23.0 Å². The highest BCUT2D eigenvalue weighted by Gasteiger charge is 2.16. The Morgan fingerprint density at radius 3 is 1.92 bits per heavy atom. The van der Waals surface area contributed by atoms with Crippen molar-refractivity contribution < 1.29 is 28.5 Å². The molecular formula is C30H37ClN2O6. The predicted octanol–water partition coefficient (Wildman–Crippen LogP) is 5.00. The first-order valence-electron chi connectivity index (χ1n) is 12.8. The number of halogens is 1. The van der Waals surface area contributed by atoms with Crippen LogP contribution < -0.4 is 29.6 Å². The van der Waals surface area contributed by atoms with E-state index in [4.69, 9.17) is 35.3 Å². The number of hydrogen-bond acceptors (Lipinski definition) is 8. The van der Waals surface area contributed by atoms with Crippen molar-refractivity contribution >= 4 is 17.6 Å². The van der Waals surface area contributed by atoms with E-state index < -0.39 is 0 Å². The highest BCUT2D eigenvalue weighted by atomic mass is 35.5. The molecule has 0 heterocycles. The van der Waals surface area contributed by atoms with Gasteiger partial charge in [-0.05, 0) is 47.0 Å². The van der Waals surface area contributed by atoms with Gasteiger partial charge in [-0.1, -0.05) is 48.9 Å². The molecular weight excluding hydrogens is 520 g/mol. The topological polar surface area (TPSA) is 87.3 Å². The maximum absolute atomic E-state index is 11.5. The van der Waals surface area contributed by atoms with Gasteiger partial charge in [0.25, 0.3) is 0 Å². The predicted molar refractivity (Wildman–Crippen MR) is 152 cm³/mol. The van der Waals surface area contributed by atoms with Crippen LogP contribution in [0.3, 0.4) is 0 Å². The molecule has 3 aromatic carbocycles. The van der Waals surface area contributed by atoms with Crippen LogP contribution in [0.4, 0.5) is 0 Å². The van der Waals surface area contributed by atoms with Crippen LogP contribution in [0.25, 0.3) is 0 Å². The zero-order chi connectivity index (χ0) is 28.0. The molecule has 210 valence electrons. The van der Waals surface area contributed by atoms with Crippen molar-refractivity contribution in [2.24, 2.45) is 5.92 Å². The van der Waals surface area contributed by atoms with E-state index in [9.17, 15) is 4.79 Å². The fourth-order valence-electron chi connectivity index (χ4n) is 3.73. The maximum Gasteiger partial charge on any atom is 0.309 e. The summed E-state index contributed by atoms with van der Waals surface area (Å²) in [6, 6.07) is 19.2. The number of methoxy groups -OCH3 is 3. The maximum atomic E-state index is 11.5. The van der Waals surface area contributed by atoms with E-state index in [2.05, 4.69) is 10.6 Å². The summed E-state index contributed by atoms with van der Waals surface area (Å²) in [6.07, 6.45) is 0. The number of carbonyl (C=O) groups excluding carboxylic acids is 1. The molecule has 2 N–H and O–H groups in total. The quantitative estimate of drug-likeness (QED) is 0.188. The van der Waals surface area contributed by atoms with Gasteiger partial charge < -0.3 is 34.3 Å². The third kappa shape index (κ3) is 9.35. The van der Waals surface area contributed by atoms with Crippen LogP contribution in [0, 0.1) is 5.92 Å². The van der Waals surface area contributed by atoms with Crippen molar-refractivity contribution in [2.75, 3.05) is 41.0 Å². The van der Waals surface area contributed by atoms with Gasteiger partial charge in [0.2, 0.25) is 0 Å². The summed E-state index contributed by atoms with van der Waals surface area (Å²) >= 11 is 6.83. The van der Waals surface area contributed by atoms with Crippen molar-refractivity contribution in [3.8, 4) is 23.0 Å². The summed E-state index contributed by atoms with van der Waals surface area (Å²) in [5, 5.41) is 7.12. The molecule has 0 spiro atoms. The minimum atomic E-state index is -0.223. The van der Waals surface area contributed by atoms with Gasteiger partial charge in [0.1, 0.15) is 24.7 Å². The largest absolute Gasteiger partial charge is 0.497 e. The molecule has 0 aliphatic rings. The average molecular weight is 557 g/mol. The number of rotatable bonds is 16. The third-order valence-electron chi connectivity index (χ3n) is 6.08. The van der Waals surface area contributed by atoms with Gasteiger partial charge in [0.05, 0.1) is 32.3 Å². The SMILES string of the molecule is COC(=O)[C@@H](C)CNCCNCc1ccc(OCc2ccc(OC)cc2)c(OCc2ccc(OC)cc2)c1Cl. The molecule has 0 unspecified atom stereocenters. The summed E-state index contributed by atoms with van der Waals surface area (Å²) in [5.74, 6) is 2.20. The van der Waals surface area contributed by atoms with Gasteiger partial charge in [-0.25, -0.2) is 0 Å². The first kappa shape index (κ1) is 30.1. The molecule has 0 aromatic heterocycles. The Hall–Kier alpha value is -3.46. The van der Waals surface area contributed by atoms with E-state index in [0.717, 1.165) is 28.2 Å². The van der Waals surface area contributed by atoms with Crippen LogP contribution in [-0.2, 0) is 29.3 Å². The Labute approximate surface area is 235 Å². The van der Waals surface area contributed by atoms with E-state index in [-0.39, 0.29) is 11.9 Å². The lowest BCUT2D eigenvalue weighted by Gasteiger charge is -2.17. The molecule has 0 bridgehead atoms. The Morgan fingerprint density at radius 2 is 1.36 bits per heavy atom. The Kier molecular flexibility index (Phi) is 12.2. The average Bonchev–Trinajstić information content (AvgIpc) is 2.98. The van der Waals surface area contributed by atoms with Gasteiger partial charge in [-0.15, -0.1) is 0 Å².